The molecule has 0 aliphatic carbocycles. The number of hydrogen-bond acceptors (Lipinski definition) is 8. The quantitative estimate of drug-likeness (QED) is 0.280. The maximum atomic E-state index is 14.4. The normalized spacial score (nSPS) is 14.6. The van der Waals surface area contributed by atoms with Crippen molar-refractivity contribution < 1.29 is 22.8 Å². The first kappa shape index (κ1) is 25.6. The zero-order valence-electron chi connectivity index (χ0n) is 20.2. The van der Waals surface area contributed by atoms with E-state index in [0.29, 0.717) is 24.4 Å². The summed E-state index contributed by atoms with van der Waals surface area (Å²) in [5.74, 6) is -1.04. The second-order valence-corrected chi connectivity index (χ2v) is 9.22. The summed E-state index contributed by atoms with van der Waals surface area (Å²) in [5.41, 5.74) is -0.605. The van der Waals surface area contributed by atoms with Gasteiger partial charge in [0.2, 0.25) is 11.8 Å². The van der Waals surface area contributed by atoms with Crippen LogP contribution in [-0.2, 0) is 4.74 Å². The van der Waals surface area contributed by atoms with E-state index in [1.54, 1.807) is 13.8 Å². The molecule has 1 saturated heterocycles. The number of benzene rings is 1. The van der Waals surface area contributed by atoms with E-state index in [1.165, 1.54) is 0 Å². The molecule has 0 unspecified atom stereocenters. The van der Waals surface area contributed by atoms with Crippen molar-refractivity contribution in [1.82, 2.24) is 10.1 Å². The van der Waals surface area contributed by atoms with Crippen molar-refractivity contribution in [3.8, 4) is 5.75 Å². The number of rotatable bonds is 9. The van der Waals surface area contributed by atoms with Crippen LogP contribution in [0.25, 0.3) is 0 Å². The van der Waals surface area contributed by atoms with E-state index in [0.717, 1.165) is 50.9 Å². The molecule has 8 nitrogen and oxygen atoms in total. The van der Waals surface area contributed by atoms with Gasteiger partial charge in [-0.1, -0.05) is 27.7 Å². The average molecular weight is 478 g/mol. The molecule has 0 spiro atoms. The second-order valence-electron chi connectivity index (χ2n) is 9.22. The molecule has 0 saturated carbocycles. The highest BCUT2D eigenvalue weighted by Gasteiger charge is 2.23. The molecule has 1 aliphatic heterocycles. The maximum absolute atomic E-state index is 14.4. The first-order valence-electron chi connectivity index (χ1n) is 11.7. The zero-order chi connectivity index (χ0) is 24.8. The molecule has 2 N–H and O–H groups in total. The Morgan fingerprint density at radius 1 is 1.15 bits per heavy atom. The van der Waals surface area contributed by atoms with Crippen LogP contribution in [0, 0.1) is 34.3 Å². The Kier molecular flexibility index (Phi) is 8.57. The van der Waals surface area contributed by atoms with E-state index >= 15 is 0 Å². The van der Waals surface area contributed by atoms with Gasteiger partial charge in [0, 0.05) is 37.1 Å². The Hall–Kier alpha value is -3.04. The molecule has 34 heavy (non-hydrogen) atoms. The fourth-order valence-corrected chi connectivity index (χ4v) is 3.70. The van der Waals surface area contributed by atoms with Crippen molar-refractivity contribution in [2.45, 2.75) is 59.3 Å². The highest BCUT2D eigenvalue weighted by molar-refractivity contribution is 6.00. The van der Waals surface area contributed by atoms with Gasteiger partial charge in [-0.05, 0) is 36.8 Å². The van der Waals surface area contributed by atoms with Crippen LogP contribution in [0.1, 0.15) is 70.8 Å². The topological polar surface area (TPSA) is 108 Å². The van der Waals surface area contributed by atoms with Gasteiger partial charge in [0.15, 0.2) is 5.90 Å². The molecule has 0 bridgehead atoms. The number of aromatic nitrogens is 2. The summed E-state index contributed by atoms with van der Waals surface area (Å²) in [4.78, 5) is 6.59. The minimum atomic E-state index is -0.953. The molecule has 1 aromatic heterocycles. The SMILES string of the molecule is CC(C)C(=N)OC(=N)c1c(F)cc(OCCCC2CCN(c3noc(C(C)C)n3)CC2)cc1F. The molecule has 0 atom stereocenters. The molecule has 1 fully saturated rings. The summed E-state index contributed by atoms with van der Waals surface area (Å²) in [6.45, 7) is 9.49. The molecular formula is C24H33F2N5O3. The third-order valence-electron chi connectivity index (χ3n) is 5.83. The van der Waals surface area contributed by atoms with Gasteiger partial charge in [0.1, 0.15) is 22.9 Å². The van der Waals surface area contributed by atoms with Gasteiger partial charge < -0.3 is 18.9 Å². The third-order valence-corrected chi connectivity index (χ3v) is 5.83. The van der Waals surface area contributed by atoms with Crippen molar-refractivity contribution in [2.75, 3.05) is 24.6 Å². The van der Waals surface area contributed by atoms with E-state index in [9.17, 15) is 8.78 Å². The number of anilines is 1. The number of ether oxygens (including phenoxy) is 2. The van der Waals surface area contributed by atoms with E-state index in [-0.39, 0.29) is 23.5 Å². The number of halogens is 2. The van der Waals surface area contributed by atoms with Crippen molar-refractivity contribution in [3.63, 3.8) is 0 Å². The van der Waals surface area contributed by atoms with Crippen LogP contribution in [0.15, 0.2) is 16.7 Å². The fourth-order valence-electron chi connectivity index (χ4n) is 3.70. The number of nitrogens with zero attached hydrogens (tertiary/aromatic N) is 3. The molecule has 0 radical (unpaired) electrons. The second kappa shape index (κ2) is 11.4. The first-order valence-corrected chi connectivity index (χ1v) is 11.7. The predicted molar refractivity (Wildman–Crippen MR) is 125 cm³/mol. The van der Waals surface area contributed by atoms with Gasteiger partial charge in [-0.15, -0.1) is 0 Å². The van der Waals surface area contributed by atoms with Crippen LogP contribution in [-0.4, -0.2) is 41.6 Å². The van der Waals surface area contributed by atoms with E-state index in [2.05, 4.69) is 15.0 Å². The molecule has 10 heteroatoms. The molecule has 2 aromatic rings. The fraction of sp³-hybridized carbons (Fsp3) is 0.583. The lowest BCUT2D eigenvalue weighted by Gasteiger charge is -2.30. The lowest BCUT2D eigenvalue weighted by molar-refractivity contribution is 0.276. The summed E-state index contributed by atoms with van der Waals surface area (Å²) in [5, 5.41) is 19.5. The maximum Gasteiger partial charge on any atom is 0.266 e. The lowest BCUT2D eigenvalue weighted by atomic mass is 9.92. The van der Waals surface area contributed by atoms with Gasteiger partial charge in [0.05, 0.1) is 6.61 Å². The van der Waals surface area contributed by atoms with E-state index in [1.807, 2.05) is 13.8 Å². The van der Waals surface area contributed by atoms with Crippen LogP contribution in [0.3, 0.4) is 0 Å². The monoisotopic (exact) mass is 477 g/mol. The Bertz CT molecular complexity index is 977. The molecular weight excluding hydrogens is 444 g/mol. The Balaban J connectivity index is 1.42. The van der Waals surface area contributed by atoms with Gasteiger partial charge in [-0.25, -0.2) is 8.78 Å². The van der Waals surface area contributed by atoms with Gasteiger partial charge in [0.25, 0.3) is 5.95 Å². The zero-order valence-corrected chi connectivity index (χ0v) is 20.2. The summed E-state index contributed by atoms with van der Waals surface area (Å²) in [6, 6.07) is 2.09. The lowest BCUT2D eigenvalue weighted by Crippen LogP contribution is -2.34. The number of nitrogens with one attached hydrogen (secondary N) is 2. The summed E-state index contributed by atoms with van der Waals surface area (Å²) >= 11 is 0. The molecule has 1 aliphatic rings. The Morgan fingerprint density at radius 2 is 1.79 bits per heavy atom. The van der Waals surface area contributed by atoms with Crippen LogP contribution in [0.4, 0.5) is 14.7 Å². The smallest absolute Gasteiger partial charge is 0.266 e. The van der Waals surface area contributed by atoms with Crippen molar-refractivity contribution >= 4 is 17.7 Å². The van der Waals surface area contributed by atoms with Crippen molar-refractivity contribution in [1.29, 1.82) is 10.8 Å². The molecule has 2 heterocycles. The van der Waals surface area contributed by atoms with Gasteiger partial charge >= 0.3 is 0 Å². The summed E-state index contributed by atoms with van der Waals surface area (Å²) < 4.78 is 44.6. The molecule has 0 amide bonds. The molecule has 1 aromatic carbocycles. The Labute approximate surface area is 198 Å². The van der Waals surface area contributed by atoms with Crippen molar-refractivity contribution in [2.24, 2.45) is 11.8 Å². The summed E-state index contributed by atoms with van der Waals surface area (Å²) in [6.07, 6.45) is 3.74. The van der Waals surface area contributed by atoms with Crippen LogP contribution in [0.5, 0.6) is 5.75 Å². The third kappa shape index (κ3) is 6.51. The van der Waals surface area contributed by atoms with Crippen LogP contribution < -0.4 is 9.64 Å². The minimum absolute atomic E-state index is 0.0679. The van der Waals surface area contributed by atoms with Gasteiger partial charge in [-0.2, -0.15) is 4.98 Å². The van der Waals surface area contributed by atoms with Gasteiger partial charge in [-0.3, -0.25) is 10.8 Å². The predicted octanol–water partition coefficient (Wildman–Crippen LogP) is 5.52. The van der Waals surface area contributed by atoms with Crippen LogP contribution in [0.2, 0.25) is 0 Å². The first-order chi connectivity index (χ1) is 16.2. The summed E-state index contributed by atoms with van der Waals surface area (Å²) in [7, 11) is 0. The largest absolute Gasteiger partial charge is 0.493 e. The standard InChI is InChI=1S/C24H33F2N5O3/c1-14(2)21(27)33-22(28)20-18(25)12-17(13-19(20)26)32-11-5-6-16-7-9-31(10-8-16)24-29-23(15(3)4)34-30-24/h12-16,27-28H,5-11H2,1-4H3. The van der Waals surface area contributed by atoms with Crippen molar-refractivity contribution in [3.05, 3.63) is 35.2 Å². The van der Waals surface area contributed by atoms with E-state index < -0.39 is 23.1 Å². The molecule has 186 valence electrons. The average Bonchev–Trinajstić information content (AvgIpc) is 3.27. The molecule has 3 rings (SSSR count). The highest BCUT2D eigenvalue weighted by Crippen LogP contribution is 2.26. The van der Waals surface area contributed by atoms with E-state index in [4.69, 9.17) is 24.8 Å². The number of hydrogen-bond donors (Lipinski definition) is 2. The Morgan fingerprint density at radius 3 is 2.35 bits per heavy atom. The minimum Gasteiger partial charge on any atom is -0.493 e. The van der Waals surface area contributed by atoms with Crippen LogP contribution >= 0.6 is 0 Å². The highest BCUT2D eigenvalue weighted by atomic mass is 19.1. The number of piperidine rings is 1.